The van der Waals surface area contributed by atoms with Crippen molar-refractivity contribution in [3.63, 3.8) is 0 Å². The summed E-state index contributed by atoms with van der Waals surface area (Å²) in [6.07, 6.45) is 0.477. The number of hydrazone groups is 1. The zero-order valence-corrected chi connectivity index (χ0v) is 19.2. The number of fused-ring (bicyclic) bond motifs is 1. The van der Waals surface area contributed by atoms with Crippen molar-refractivity contribution in [2.24, 2.45) is 12.1 Å². The van der Waals surface area contributed by atoms with Crippen molar-refractivity contribution in [3.05, 3.63) is 91.9 Å². The van der Waals surface area contributed by atoms with E-state index >= 15 is 0 Å². The molecule has 0 N–H and O–H groups in total. The first-order valence-electron chi connectivity index (χ1n) is 10.2. The van der Waals surface area contributed by atoms with Gasteiger partial charge in [0.15, 0.2) is 0 Å². The lowest BCUT2D eigenvalue weighted by molar-refractivity contribution is -0.130. The Morgan fingerprint density at radius 1 is 1.12 bits per heavy atom. The van der Waals surface area contributed by atoms with Gasteiger partial charge in [-0.05, 0) is 40.1 Å². The first kappa shape index (κ1) is 20.7. The number of rotatable bonds is 3. The number of nitrogens with zero attached hydrogens (tertiary/aromatic N) is 3. The molecule has 5 nitrogen and oxygen atoms in total. The minimum atomic E-state index is -0.219. The summed E-state index contributed by atoms with van der Waals surface area (Å²) < 4.78 is 1.61. The van der Waals surface area contributed by atoms with E-state index in [1.807, 2.05) is 59.3 Å². The lowest BCUT2D eigenvalue weighted by atomic mass is 9.91. The molecule has 2 aromatic carbocycles. The highest BCUT2D eigenvalue weighted by molar-refractivity contribution is 7.08. The van der Waals surface area contributed by atoms with Gasteiger partial charge in [0.05, 0.1) is 22.8 Å². The zero-order chi connectivity index (χ0) is 22.4. The van der Waals surface area contributed by atoms with E-state index in [0.717, 1.165) is 27.6 Å². The van der Waals surface area contributed by atoms with Crippen molar-refractivity contribution in [3.8, 4) is 11.1 Å². The van der Waals surface area contributed by atoms with Crippen LogP contribution in [0, 0.1) is 0 Å². The van der Waals surface area contributed by atoms with Gasteiger partial charge in [0.1, 0.15) is 0 Å². The molecule has 7 heteroatoms. The fourth-order valence-electron chi connectivity index (χ4n) is 4.36. The number of halogens is 1. The molecule has 0 aliphatic carbocycles. The van der Waals surface area contributed by atoms with E-state index in [2.05, 4.69) is 5.10 Å². The molecule has 3 heterocycles. The van der Waals surface area contributed by atoms with E-state index in [4.69, 9.17) is 11.6 Å². The van der Waals surface area contributed by atoms with Crippen LogP contribution in [0.3, 0.4) is 0 Å². The quantitative estimate of drug-likeness (QED) is 0.397. The van der Waals surface area contributed by atoms with Gasteiger partial charge in [-0.15, -0.1) is 0 Å². The van der Waals surface area contributed by atoms with Crippen molar-refractivity contribution in [1.82, 2.24) is 9.58 Å². The van der Waals surface area contributed by atoms with Gasteiger partial charge in [-0.1, -0.05) is 48.0 Å². The van der Waals surface area contributed by atoms with Gasteiger partial charge in [-0.2, -0.15) is 16.4 Å². The van der Waals surface area contributed by atoms with Crippen LogP contribution in [-0.2, 0) is 11.8 Å². The summed E-state index contributed by atoms with van der Waals surface area (Å²) in [7, 11) is 1.74. The fraction of sp³-hybridized carbons (Fsp3) is 0.160. The summed E-state index contributed by atoms with van der Waals surface area (Å²) >= 11 is 7.83. The van der Waals surface area contributed by atoms with E-state index in [1.165, 1.54) is 11.9 Å². The largest absolute Gasteiger partial charge is 0.311 e. The Morgan fingerprint density at radius 3 is 2.59 bits per heavy atom. The Labute approximate surface area is 194 Å². The summed E-state index contributed by atoms with van der Waals surface area (Å²) in [5.41, 5.74) is 4.49. The van der Waals surface area contributed by atoms with E-state index in [1.54, 1.807) is 29.0 Å². The van der Waals surface area contributed by atoms with Crippen molar-refractivity contribution in [2.75, 3.05) is 0 Å². The van der Waals surface area contributed by atoms with Crippen LogP contribution in [0.15, 0.2) is 75.3 Å². The number of carbonyl (C=O) groups excluding carboxylic acids is 1. The molecule has 0 saturated carbocycles. The Hall–Kier alpha value is -3.22. The molecule has 5 rings (SSSR count). The van der Waals surface area contributed by atoms with Crippen LogP contribution < -0.4 is 5.56 Å². The third-order valence-electron chi connectivity index (χ3n) is 5.87. The predicted octanol–water partition coefficient (Wildman–Crippen LogP) is 5.62. The van der Waals surface area contributed by atoms with Crippen LogP contribution in [0.5, 0.6) is 0 Å². The monoisotopic (exact) mass is 461 g/mol. The minimum Gasteiger partial charge on any atom is -0.311 e. The molecule has 160 valence electrons. The molecule has 4 aromatic rings. The molecule has 0 radical (unpaired) electrons. The van der Waals surface area contributed by atoms with Crippen LogP contribution in [-0.4, -0.2) is 21.2 Å². The molecular formula is C25H20ClN3O2S. The van der Waals surface area contributed by atoms with Crippen LogP contribution in [0.2, 0.25) is 5.02 Å². The maximum atomic E-state index is 13.7. The van der Waals surface area contributed by atoms with E-state index in [-0.39, 0.29) is 17.5 Å². The molecule has 1 aliphatic heterocycles. The Kier molecular flexibility index (Phi) is 5.19. The molecular weight excluding hydrogens is 442 g/mol. The number of carbonyl (C=O) groups is 1. The average Bonchev–Trinajstić information content (AvgIpc) is 3.47. The highest BCUT2D eigenvalue weighted by atomic mass is 35.5. The maximum Gasteiger partial charge on any atom is 0.260 e. The lowest BCUT2D eigenvalue weighted by Gasteiger charge is -2.19. The topological polar surface area (TPSA) is 54.7 Å². The molecule has 0 fully saturated rings. The Bertz CT molecular complexity index is 1430. The fourth-order valence-corrected chi connectivity index (χ4v) is 5.23. The normalized spacial score (nSPS) is 15.9. The number of pyridine rings is 1. The standard InChI is InChI=1S/C25H20ClN3O2S/c1-15(30)29-21(17-10-11-32-14-17)13-20(27-29)24-23(16-6-4-3-5-7-16)19-9-8-18(26)12-22(19)28(2)25(24)31/h3-12,14,21H,13H2,1-2H3/t21-/m0/s1. The first-order valence-corrected chi connectivity index (χ1v) is 11.5. The van der Waals surface area contributed by atoms with E-state index in [0.29, 0.717) is 22.7 Å². The van der Waals surface area contributed by atoms with Crippen molar-refractivity contribution in [1.29, 1.82) is 0 Å². The van der Waals surface area contributed by atoms with Crippen molar-refractivity contribution in [2.45, 2.75) is 19.4 Å². The molecule has 1 aliphatic rings. The van der Waals surface area contributed by atoms with Crippen LogP contribution >= 0.6 is 22.9 Å². The highest BCUT2D eigenvalue weighted by Crippen LogP contribution is 2.38. The molecule has 0 unspecified atom stereocenters. The smallest absolute Gasteiger partial charge is 0.260 e. The van der Waals surface area contributed by atoms with Crippen LogP contribution in [0.25, 0.3) is 22.0 Å². The number of amides is 1. The summed E-state index contributed by atoms with van der Waals surface area (Å²) in [6.45, 7) is 1.50. The molecule has 32 heavy (non-hydrogen) atoms. The number of aryl methyl sites for hydroxylation is 1. The Morgan fingerprint density at radius 2 is 1.91 bits per heavy atom. The average molecular weight is 462 g/mol. The second-order valence-electron chi connectivity index (χ2n) is 7.83. The summed E-state index contributed by atoms with van der Waals surface area (Å²) in [4.78, 5) is 26.1. The Balaban J connectivity index is 1.80. The van der Waals surface area contributed by atoms with Crippen molar-refractivity contribution >= 4 is 45.5 Å². The van der Waals surface area contributed by atoms with Gasteiger partial charge < -0.3 is 4.57 Å². The van der Waals surface area contributed by atoms with Gasteiger partial charge in [-0.3, -0.25) is 9.59 Å². The van der Waals surface area contributed by atoms with Gasteiger partial charge >= 0.3 is 0 Å². The second kappa shape index (κ2) is 8.04. The van der Waals surface area contributed by atoms with Crippen molar-refractivity contribution < 1.29 is 4.79 Å². The molecule has 0 saturated heterocycles. The number of thiophene rings is 1. The summed E-state index contributed by atoms with van der Waals surface area (Å²) in [5, 5.41) is 11.7. The highest BCUT2D eigenvalue weighted by Gasteiger charge is 2.34. The summed E-state index contributed by atoms with van der Waals surface area (Å²) in [5.74, 6) is -0.151. The van der Waals surface area contributed by atoms with Crippen LogP contribution in [0.4, 0.5) is 0 Å². The molecule has 0 spiro atoms. The van der Waals surface area contributed by atoms with Gasteiger partial charge in [0.25, 0.3) is 5.56 Å². The maximum absolute atomic E-state index is 13.7. The van der Waals surface area contributed by atoms with Gasteiger partial charge in [0.2, 0.25) is 5.91 Å². The minimum absolute atomic E-state index is 0.151. The molecule has 2 aromatic heterocycles. The van der Waals surface area contributed by atoms with Gasteiger partial charge in [0, 0.05) is 36.4 Å². The molecule has 1 atom stereocenters. The van der Waals surface area contributed by atoms with Gasteiger partial charge in [-0.25, -0.2) is 5.01 Å². The third kappa shape index (κ3) is 3.36. The third-order valence-corrected chi connectivity index (χ3v) is 6.81. The van der Waals surface area contributed by atoms with Crippen LogP contribution in [0.1, 0.15) is 30.5 Å². The predicted molar refractivity (Wildman–Crippen MR) is 130 cm³/mol. The SMILES string of the molecule is CC(=O)N1N=C(c2c(-c3ccccc3)c3ccc(Cl)cc3n(C)c2=O)C[C@H]1c1ccsc1. The molecule has 1 amide bonds. The first-order chi connectivity index (χ1) is 15.5. The number of aromatic nitrogens is 1. The zero-order valence-electron chi connectivity index (χ0n) is 17.6. The lowest BCUT2D eigenvalue weighted by Crippen LogP contribution is -2.26. The number of benzene rings is 2. The number of hydrogen-bond acceptors (Lipinski definition) is 4. The number of hydrogen-bond donors (Lipinski definition) is 0. The molecule has 0 bridgehead atoms. The van der Waals surface area contributed by atoms with E-state index < -0.39 is 0 Å². The summed E-state index contributed by atoms with van der Waals surface area (Å²) in [6, 6.07) is 17.2. The second-order valence-corrected chi connectivity index (χ2v) is 9.05. The van der Waals surface area contributed by atoms with E-state index in [9.17, 15) is 9.59 Å².